The molecule has 0 aromatic rings. The molecule has 0 aromatic heterocycles. The topological polar surface area (TPSA) is 40.5 Å². The molecule has 0 unspecified atom stereocenters. The van der Waals surface area contributed by atoms with Gasteiger partial charge in [-0.15, -0.1) is 0 Å². The maximum atomic E-state index is 10.2. The predicted molar refractivity (Wildman–Crippen MR) is 69.6 cm³/mol. The molecule has 2 N–H and O–H groups in total. The maximum Gasteiger partial charge on any atom is 0.0745 e. The van der Waals surface area contributed by atoms with Crippen molar-refractivity contribution in [1.82, 2.24) is 0 Å². The van der Waals surface area contributed by atoms with E-state index in [4.69, 9.17) is 0 Å². The average Bonchev–Trinajstić information content (AvgIpc) is 2.61. The van der Waals surface area contributed by atoms with Crippen molar-refractivity contribution in [2.24, 2.45) is 16.7 Å². The Kier molecular flexibility index (Phi) is 3.16. The van der Waals surface area contributed by atoms with Gasteiger partial charge in [-0.3, -0.25) is 0 Å². The normalized spacial score (nSPS) is 46.2. The highest BCUT2D eigenvalue weighted by molar-refractivity contribution is 5.12. The summed E-state index contributed by atoms with van der Waals surface area (Å²) in [7, 11) is 0. The molecule has 0 spiro atoms. The zero-order valence-electron chi connectivity index (χ0n) is 11.4. The fraction of sp³-hybridized carbons (Fsp3) is 0.867. The molecule has 2 aliphatic rings. The van der Waals surface area contributed by atoms with E-state index in [-0.39, 0.29) is 23.0 Å². The zero-order valence-corrected chi connectivity index (χ0v) is 11.4. The van der Waals surface area contributed by atoms with Gasteiger partial charge in [0.25, 0.3) is 0 Å². The fourth-order valence-electron chi connectivity index (χ4n) is 4.17. The summed E-state index contributed by atoms with van der Waals surface area (Å²) in [6, 6.07) is 0. The molecule has 2 fully saturated rings. The minimum atomic E-state index is -0.382. The molecule has 5 atom stereocenters. The molecular formula is C15H26O2. The second-order valence-corrected chi connectivity index (χ2v) is 6.72. The van der Waals surface area contributed by atoms with Gasteiger partial charge in [-0.25, -0.2) is 0 Å². The van der Waals surface area contributed by atoms with Gasteiger partial charge in [0.15, 0.2) is 0 Å². The largest absolute Gasteiger partial charge is 0.393 e. The first-order chi connectivity index (χ1) is 7.81. The molecule has 2 heteroatoms. The van der Waals surface area contributed by atoms with Crippen LogP contribution in [0.1, 0.15) is 52.9 Å². The molecular weight excluding hydrogens is 212 g/mol. The molecule has 2 nitrogen and oxygen atoms in total. The van der Waals surface area contributed by atoms with E-state index in [0.717, 1.165) is 31.3 Å². The minimum Gasteiger partial charge on any atom is -0.393 e. The van der Waals surface area contributed by atoms with Crippen LogP contribution in [0, 0.1) is 16.7 Å². The molecule has 98 valence electrons. The lowest BCUT2D eigenvalue weighted by molar-refractivity contribution is -0.00321. The summed E-state index contributed by atoms with van der Waals surface area (Å²) in [5, 5.41) is 20.1. The minimum absolute atomic E-state index is 0.0620. The van der Waals surface area contributed by atoms with E-state index >= 15 is 0 Å². The first-order valence-corrected chi connectivity index (χ1v) is 6.83. The Balaban J connectivity index is 2.07. The molecule has 0 aliphatic heterocycles. The Morgan fingerprint density at radius 1 is 1.47 bits per heavy atom. The predicted octanol–water partition coefficient (Wildman–Crippen LogP) is 2.89. The molecule has 0 amide bonds. The van der Waals surface area contributed by atoms with E-state index in [1.165, 1.54) is 6.42 Å². The van der Waals surface area contributed by atoms with Gasteiger partial charge in [0.05, 0.1) is 12.2 Å². The first-order valence-electron chi connectivity index (χ1n) is 6.83. The van der Waals surface area contributed by atoms with E-state index < -0.39 is 0 Å². The summed E-state index contributed by atoms with van der Waals surface area (Å²) in [5.41, 5.74) is 1.11. The molecule has 2 bridgehead atoms. The Morgan fingerprint density at radius 3 is 2.53 bits per heavy atom. The highest BCUT2D eigenvalue weighted by Crippen LogP contribution is 2.67. The third kappa shape index (κ3) is 1.77. The highest BCUT2D eigenvalue weighted by Gasteiger charge is 2.62. The van der Waals surface area contributed by atoms with E-state index in [1.807, 2.05) is 6.92 Å². The molecule has 2 aliphatic carbocycles. The van der Waals surface area contributed by atoms with Crippen molar-refractivity contribution in [3.05, 3.63) is 12.2 Å². The van der Waals surface area contributed by atoms with Gasteiger partial charge in [0.1, 0.15) is 0 Å². The quantitative estimate of drug-likeness (QED) is 0.739. The van der Waals surface area contributed by atoms with Crippen LogP contribution in [0.25, 0.3) is 0 Å². The van der Waals surface area contributed by atoms with E-state index in [0.29, 0.717) is 5.92 Å². The number of hydrogen-bond acceptors (Lipinski definition) is 2. The van der Waals surface area contributed by atoms with Crippen molar-refractivity contribution in [2.75, 3.05) is 0 Å². The van der Waals surface area contributed by atoms with Crippen LogP contribution in [0.4, 0.5) is 0 Å². The maximum absolute atomic E-state index is 10.2. The second-order valence-electron chi connectivity index (χ2n) is 6.72. The van der Waals surface area contributed by atoms with Crippen LogP contribution in [0.5, 0.6) is 0 Å². The average molecular weight is 238 g/mol. The standard InChI is InChI=1S/C15H26O2/c1-10(2)12(16)6-8-14(3)11-5-7-15(14,4)13(17)9-11/h11-13,16-17H,1,5-9H2,2-4H3/t11-,12-,13-,14+,15+/m0/s1. The number of aliphatic hydroxyl groups excluding tert-OH is 2. The van der Waals surface area contributed by atoms with Gasteiger partial charge in [-0.05, 0) is 55.8 Å². The molecule has 2 saturated carbocycles. The van der Waals surface area contributed by atoms with Crippen LogP contribution in [0.2, 0.25) is 0 Å². The van der Waals surface area contributed by atoms with Crippen LogP contribution < -0.4 is 0 Å². The molecule has 17 heavy (non-hydrogen) atoms. The third-order valence-electron chi connectivity index (χ3n) is 5.97. The summed E-state index contributed by atoms with van der Waals surface area (Å²) in [4.78, 5) is 0. The smallest absolute Gasteiger partial charge is 0.0745 e. The summed E-state index contributed by atoms with van der Waals surface area (Å²) in [5.74, 6) is 0.639. The summed E-state index contributed by atoms with van der Waals surface area (Å²) < 4.78 is 0. The van der Waals surface area contributed by atoms with Gasteiger partial charge in [0, 0.05) is 0 Å². The summed E-state index contributed by atoms with van der Waals surface area (Å²) in [6.45, 7) is 10.2. The van der Waals surface area contributed by atoms with Crippen molar-refractivity contribution in [1.29, 1.82) is 0 Å². The van der Waals surface area contributed by atoms with Crippen LogP contribution in [-0.2, 0) is 0 Å². The van der Waals surface area contributed by atoms with Crippen molar-refractivity contribution < 1.29 is 10.2 Å². The van der Waals surface area contributed by atoms with Crippen LogP contribution in [0.3, 0.4) is 0 Å². The Bertz CT molecular complexity index is 325. The van der Waals surface area contributed by atoms with E-state index in [9.17, 15) is 10.2 Å². The van der Waals surface area contributed by atoms with Crippen molar-refractivity contribution in [3.8, 4) is 0 Å². The SMILES string of the molecule is C=C(C)[C@@H](O)CC[C@]1(C)[C@H]2CC[C@]1(C)[C@@H](O)C2. The van der Waals surface area contributed by atoms with Crippen LogP contribution in [-0.4, -0.2) is 22.4 Å². The Morgan fingerprint density at radius 2 is 2.12 bits per heavy atom. The van der Waals surface area contributed by atoms with Gasteiger partial charge in [-0.2, -0.15) is 0 Å². The number of fused-ring (bicyclic) bond motifs is 2. The molecule has 0 heterocycles. The number of hydrogen-bond donors (Lipinski definition) is 2. The Labute approximate surface area is 105 Å². The highest BCUT2D eigenvalue weighted by atomic mass is 16.3. The lowest BCUT2D eigenvalue weighted by atomic mass is 9.65. The van der Waals surface area contributed by atoms with Crippen LogP contribution in [0.15, 0.2) is 12.2 Å². The number of aliphatic hydroxyl groups is 2. The third-order valence-corrected chi connectivity index (χ3v) is 5.97. The van der Waals surface area contributed by atoms with Gasteiger partial charge in [-0.1, -0.05) is 26.0 Å². The lowest BCUT2D eigenvalue weighted by Crippen LogP contribution is -2.38. The fourth-order valence-corrected chi connectivity index (χ4v) is 4.17. The molecule has 0 radical (unpaired) electrons. The van der Waals surface area contributed by atoms with Gasteiger partial charge in [0.2, 0.25) is 0 Å². The summed E-state index contributed by atoms with van der Waals surface area (Å²) in [6.07, 6.45) is 4.59. The first kappa shape index (κ1) is 13.1. The summed E-state index contributed by atoms with van der Waals surface area (Å²) >= 11 is 0. The lowest BCUT2D eigenvalue weighted by Gasteiger charge is -2.40. The van der Waals surface area contributed by atoms with E-state index in [1.54, 1.807) is 0 Å². The Hall–Kier alpha value is -0.340. The van der Waals surface area contributed by atoms with Gasteiger partial charge >= 0.3 is 0 Å². The monoisotopic (exact) mass is 238 g/mol. The van der Waals surface area contributed by atoms with Gasteiger partial charge < -0.3 is 10.2 Å². The molecule has 0 aromatic carbocycles. The zero-order chi connectivity index (χ0) is 12.8. The molecule has 0 saturated heterocycles. The van der Waals surface area contributed by atoms with E-state index in [2.05, 4.69) is 20.4 Å². The number of rotatable bonds is 4. The van der Waals surface area contributed by atoms with Crippen molar-refractivity contribution in [3.63, 3.8) is 0 Å². The second kappa shape index (κ2) is 4.10. The molecule has 2 rings (SSSR count). The van der Waals surface area contributed by atoms with Crippen LogP contribution >= 0.6 is 0 Å². The van der Waals surface area contributed by atoms with Crippen molar-refractivity contribution in [2.45, 2.75) is 65.1 Å². The van der Waals surface area contributed by atoms with Crippen molar-refractivity contribution >= 4 is 0 Å².